The second kappa shape index (κ2) is 5.68. The molecule has 0 aliphatic carbocycles. The van der Waals surface area contributed by atoms with Gasteiger partial charge in [-0.15, -0.1) is 0 Å². The molecule has 0 aliphatic heterocycles. The molecule has 0 fully saturated rings. The predicted octanol–water partition coefficient (Wildman–Crippen LogP) is 4.11. The highest BCUT2D eigenvalue weighted by molar-refractivity contribution is 7.91. The van der Waals surface area contributed by atoms with Crippen LogP contribution in [-0.4, -0.2) is 15.5 Å². The molecule has 3 heteroatoms. The summed E-state index contributed by atoms with van der Waals surface area (Å²) in [4.78, 5) is 0. The Labute approximate surface area is 120 Å². The Morgan fingerprint density at radius 3 is 1.58 bits per heavy atom. The van der Waals surface area contributed by atoms with E-state index in [1.165, 1.54) is 27.8 Å². The van der Waals surface area contributed by atoms with Gasteiger partial charge >= 0.3 is 0 Å². The van der Waals surface area contributed by atoms with Crippen molar-refractivity contribution in [2.45, 2.75) is 60.1 Å². The molecule has 2 nitrogen and oxygen atoms in total. The van der Waals surface area contributed by atoms with Crippen LogP contribution in [0.2, 0.25) is 0 Å². The Kier molecular flexibility index (Phi) is 4.86. The summed E-state index contributed by atoms with van der Waals surface area (Å²) in [5.74, 6) is 0. The normalized spacial score (nSPS) is 14.2. The smallest absolute Gasteiger partial charge is 0.144 e. The van der Waals surface area contributed by atoms with Gasteiger partial charge in [0.2, 0.25) is 0 Å². The van der Waals surface area contributed by atoms with Crippen LogP contribution in [0, 0.1) is 34.6 Å². The van der Waals surface area contributed by atoms with Crippen LogP contribution in [0.15, 0.2) is 4.40 Å². The van der Waals surface area contributed by atoms with E-state index in [1.807, 2.05) is 20.8 Å². The summed E-state index contributed by atoms with van der Waals surface area (Å²) >= 11 is -1.20. The van der Waals surface area contributed by atoms with Crippen molar-refractivity contribution in [3.05, 3.63) is 33.4 Å². The lowest BCUT2D eigenvalue weighted by Crippen LogP contribution is -2.26. The number of rotatable bonds is 2. The molecule has 1 aromatic rings. The number of nitrogens with zero attached hydrogens (tertiary/aromatic N) is 1. The van der Waals surface area contributed by atoms with E-state index in [1.54, 1.807) is 6.21 Å². The van der Waals surface area contributed by atoms with Gasteiger partial charge in [-0.2, -0.15) is 0 Å². The number of hydrogen-bond donors (Lipinski definition) is 0. The van der Waals surface area contributed by atoms with Crippen molar-refractivity contribution in [1.29, 1.82) is 0 Å². The molecule has 106 valence electrons. The van der Waals surface area contributed by atoms with E-state index >= 15 is 0 Å². The summed E-state index contributed by atoms with van der Waals surface area (Å²) in [6.07, 6.45) is 1.78. The summed E-state index contributed by atoms with van der Waals surface area (Å²) in [5, 5.41) is 0. The van der Waals surface area contributed by atoms with Crippen LogP contribution in [0.3, 0.4) is 0 Å². The van der Waals surface area contributed by atoms with Crippen LogP contribution < -0.4 is 0 Å². The van der Waals surface area contributed by atoms with Gasteiger partial charge in [0.05, 0.1) is 6.21 Å². The summed E-state index contributed by atoms with van der Waals surface area (Å²) in [6.45, 7) is 16.4. The van der Waals surface area contributed by atoms with Crippen LogP contribution in [0.4, 0.5) is 0 Å². The molecule has 1 aromatic carbocycles. The van der Waals surface area contributed by atoms with Crippen molar-refractivity contribution in [3.8, 4) is 0 Å². The minimum atomic E-state index is -1.20. The average molecular weight is 279 g/mol. The van der Waals surface area contributed by atoms with Crippen LogP contribution in [0.5, 0.6) is 0 Å². The van der Waals surface area contributed by atoms with Gasteiger partial charge in [0, 0.05) is 5.56 Å². The monoisotopic (exact) mass is 279 g/mol. The molecule has 0 amide bonds. The lowest BCUT2D eigenvalue weighted by Gasteiger charge is -2.19. The maximum Gasteiger partial charge on any atom is 0.144 e. The Morgan fingerprint density at radius 1 is 0.842 bits per heavy atom. The molecule has 19 heavy (non-hydrogen) atoms. The van der Waals surface area contributed by atoms with E-state index in [4.69, 9.17) is 0 Å². The zero-order chi connectivity index (χ0) is 15.0. The van der Waals surface area contributed by atoms with Crippen molar-refractivity contribution in [2.75, 3.05) is 0 Å². The average Bonchev–Trinajstić information content (AvgIpc) is 2.32. The maximum atomic E-state index is 12.0. The summed E-state index contributed by atoms with van der Waals surface area (Å²) in [5.41, 5.74) is 7.50. The molecule has 0 bridgehead atoms. The molecule has 1 unspecified atom stereocenters. The standard InChI is InChI=1S/C16H25NOS/c1-10-11(2)13(4)15(14(5)12(10)3)9-17-19(18)16(6,7)8/h9H,1-8H3. The fourth-order valence-electron chi connectivity index (χ4n) is 1.98. The second-order valence-electron chi connectivity index (χ2n) is 6.13. The van der Waals surface area contributed by atoms with Crippen molar-refractivity contribution in [3.63, 3.8) is 0 Å². The molecule has 0 saturated heterocycles. The fourth-order valence-corrected chi connectivity index (χ4v) is 2.50. The minimum absolute atomic E-state index is 0.312. The fraction of sp³-hybridized carbons (Fsp3) is 0.562. The second-order valence-corrected chi connectivity index (χ2v) is 8.07. The first kappa shape index (κ1) is 16.3. The lowest BCUT2D eigenvalue weighted by atomic mass is 9.90. The topological polar surface area (TPSA) is 35.4 Å². The van der Waals surface area contributed by atoms with Gasteiger partial charge in [0.15, 0.2) is 0 Å². The quantitative estimate of drug-likeness (QED) is 0.592. The largest absolute Gasteiger partial charge is 0.591 e. The van der Waals surface area contributed by atoms with Crippen LogP contribution in [0.25, 0.3) is 0 Å². The van der Waals surface area contributed by atoms with Crippen molar-refractivity contribution >= 4 is 17.6 Å². The number of benzene rings is 1. The first-order chi connectivity index (χ1) is 8.57. The maximum absolute atomic E-state index is 12.0. The van der Waals surface area contributed by atoms with Gasteiger partial charge in [-0.1, -0.05) is 4.40 Å². The van der Waals surface area contributed by atoms with Gasteiger partial charge in [-0.25, -0.2) is 0 Å². The molecule has 0 aromatic heterocycles. The highest BCUT2D eigenvalue weighted by Gasteiger charge is 2.26. The van der Waals surface area contributed by atoms with E-state index in [0.717, 1.165) is 5.56 Å². The number of hydrogen-bond acceptors (Lipinski definition) is 2. The van der Waals surface area contributed by atoms with Crippen LogP contribution >= 0.6 is 0 Å². The summed E-state index contributed by atoms with van der Waals surface area (Å²) < 4.78 is 15.9. The first-order valence-electron chi connectivity index (χ1n) is 6.60. The third kappa shape index (κ3) is 3.40. The Bertz CT molecular complexity index is 483. The molecule has 1 rings (SSSR count). The molecule has 0 heterocycles. The Morgan fingerprint density at radius 2 is 1.21 bits per heavy atom. The van der Waals surface area contributed by atoms with Crippen molar-refractivity contribution in [2.24, 2.45) is 4.40 Å². The van der Waals surface area contributed by atoms with E-state index in [-0.39, 0.29) is 4.75 Å². The molecular weight excluding hydrogens is 254 g/mol. The van der Waals surface area contributed by atoms with Gasteiger partial charge < -0.3 is 4.55 Å². The van der Waals surface area contributed by atoms with Crippen LogP contribution in [-0.2, 0) is 11.4 Å². The van der Waals surface area contributed by atoms with Gasteiger partial charge in [-0.05, 0) is 83.2 Å². The first-order valence-corrected chi connectivity index (χ1v) is 7.71. The third-order valence-corrected chi connectivity index (χ3v) is 5.20. The summed E-state index contributed by atoms with van der Waals surface area (Å²) in [7, 11) is 0. The Hall–Kier alpha value is -0.800. The zero-order valence-corrected chi connectivity index (χ0v) is 14.2. The molecule has 0 spiro atoms. The zero-order valence-electron chi connectivity index (χ0n) is 13.3. The molecular formula is C16H25NOS. The Balaban J connectivity index is 3.27. The molecule has 1 atom stereocenters. The molecule has 0 N–H and O–H groups in total. The van der Waals surface area contributed by atoms with Gasteiger partial charge in [0.1, 0.15) is 16.1 Å². The van der Waals surface area contributed by atoms with Gasteiger partial charge in [-0.3, -0.25) is 0 Å². The third-order valence-electron chi connectivity index (χ3n) is 3.86. The van der Waals surface area contributed by atoms with Crippen LogP contribution in [0.1, 0.15) is 54.2 Å². The SMILES string of the molecule is Cc1c(C)c(C)c(C=N[S+]([O-])C(C)(C)C)c(C)c1C. The molecule has 0 radical (unpaired) electrons. The summed E-state index contributed by atoms with van der Waals surface area (Å²) in [6, 6.07) is 0. The molecule has 0 aliphatic rings. The van der Waals surface area contributed by atoms with E-state index in [0.29, 0.717) is 0 Å². The highest BCUT2D eigenvalue weighted by Crippen LogP contribution is 2.25. The van der Waals surface area contributed by atoms with Crippen molar-refractivity contribution in [1.82, 2.24) is 0 Å². The minimum Gasteiger partial charge on any atom is -0.591 e. The molecule has 0 saturated carbocycles. The predicted molar refractivity (Wildman–Crippen MR) is 85.6 cm³/mol. The van der Waals surface area contributed by atoms with E-state index < -0.39 is 11.4 Å². The van der Waals surface area contributed by atoms with Crippen molar-refractivity contribution < 1.29 is 4.55 Å². The van der Waals surface area contributed by atoms with E-state index in [9.17, 15) is 4.55 Å². The van der Waals surface area contributed by atoms with Gasteiger partial charge in [0.25, 0.3) is 0 Å². The highest BCUT2D eigenvalue weighted by atomic mass is 32.2. The lowest BCUT2D eigenvalue weighted by molar-refractivity contribution is 0.562. The van der Waals surface area contributed by atoms with E-state index in [2.05, 4.69) is 39.0 Å².